The smallest absolute Gasteiger partial charge is 0.0962 e. The highest BCUT2D eigenvalue weighted by Gasteiger charge is 2.12. The molecule has 0 spiro atoms. The Bertz CT molecular complexity index is 321. The molecule has 0 bridgehead atoms. The lowest BCUT2D eigenvalue weighted by Gasteiger charge is -2.22. The molecule has 1 aromatic rings. The van der Waals surface area contributed by atoms with Crippen LogP contribution < -0.4 is 11.1 Å². The summed E-state index contributed by atoms with van der Waals surface area (Å²) in [6, 6.07) is 0. The molecule has 6 nitrogen and oxygen atoms in total. The minimum absolute atomic E-state index is 0.388. The van der Waals surface area contributed by atoms with Gasteiger partial charge in [-0.3, -0.25) is 4.68 Å². The summed E-state index contributed by atoms with van der Waals surface area (Å²) < 4.78 is 7.45. The van der Waals surface area contributed by atoms with Gasteiger partial charge in [0.25, 0.3) is 0 Å². The van der Waals surface area contributed by atoms with E-state index in [1.54, 1.807) is 0 Å². The number of hydrogen-bond donors (Lipinski definition) is 2. The quantitative estimate of drug-likeness (QED) is 0.678. The van der Waals surface area contributed by atoms with Gasteiger partial charge in [0.1, 0.15) is 0 Å². The summed E-state index contributed by atoms with van der Waals surface area (Å²) in [6.45, 7) is 3.99. The van der Waals surface area contributed by atoms with Crippen LogP contribution in [0.15, 0.2) is 6.20 Å². The molecule has 1 aliphatic rings. The van der Waals surface area contributed by atoms with Crippen LogP contribution in [0.5, 0.6) is 0 Å². The number of nitrogens with one attached hydrogen (secondary N) is 1. The largest absolute Gasteiger partial charge is 0.377 e. The average Bonchev–Trinajstić information content (AvgIpc) is 2.84. The van der Waals surface area contributed by atoms with E-state index in [1.165, 1.54) is 19.3 Å². The van der Waals surface area contributed by atoms with Crippen LogP contribution in [0.2, 0.25) is 0 Å². The molecule has 2 rings (SSSR count). The van der Waals surface area contributed by atoms with E-state index in [2.05, 4.69) is 15.6 Å². The Morgan fingerprint density at radius 2 is 2.47 bits per heavy atom. The number of nitrogens with two attached hydrogens (primary N) is 1. The summed E-state index contributed by atoms with van der Waals surface area (Å²) in [5.74, 6) is 0. The van der Waals surface area contributed by atoms with Crippen molar-refractivity contribution in [3.05, 3.63) is 11.9 Å². The average molecular weight is 239 g/mol. The minimum Gasteiger partial charge on any atom is -0.377 e. The second-order valence-corrected chi connectivity index (χ2v) is 4.37. The van der Waals surface area contributed by atoms with Gasteiger partial charge in [-0.1, -0.05) is 5.21 Å². The highest BCUT2D eigenvalue weighted by atomic mass is 16.5. The Morgan fingerprint density at radius 3 is 3.18 bits per heavy atom. The van der Waals surface area contributed by atoms with Crippen molar-refractivity contribution < 1.29 is 4.74 Å². The standard InChI is InChI=1S/C11H21N5O/c12-7-10-9-16(15-14-10)5-4-13-8-11-3-1-2-6-17-11/h9,11,13H,1-8,12H2. The van der Waals surface area contributed by atoms with Crippen LogP contribution in [-0.2, 0) is 17.8 Å². The molecule has 1 atom stereocenters. The van der Waals surface area contributed by atoms with Crippen LogP contribution in [0.1, 0.15) is 25.0 Å². The molecule has 2 heterocycles. The van der Waals surface area contributed by atoms with Gasteiger partial charge < -0.3 is 15.8 Å². The summed E-state index contributed by atoms with van der Waals surface area (Å²) in [6.07, 6.45) is 5.94. The van der Waals surface area contributed by atoms with E-state index < -0.39 is 0 Å². The Balaban J connectivity index is 1.59. The van der Waals surface area contributed by atoms with Crippen LogP contribution in [0.3, 0.4) is 0 Å². The SMILES string of the molecule is NCc1cn(CCNCC2CCCCO2)nn1. The maximum atomic E-state index is 5.64. The Morgan fingerprint density at radius 1 is 1.53 bits per heavy atom. The van der Waals surface area contributed by atoms with Gasteiger partial charge in [0.05, 0.1) is 18.3 Å². The summed E-state index contributed by atoms with van der Waals surface area (Å²) in [5.41, 5.74) is 6.30. The van der Waals surface area contributed by atoms with E-state index in [0.29, 0.717) is 12.6 Å². The van der Waals surface area contributed by atoms with Crippen molar-refractivity contribution in [1.29, 1.82) is 0 Å². The highest BCUT2D eigenvalue weighted by Crippen LogP contribution is 2.11. The Kier molecular flexibility index (Phi) is 4.90. The molecule has 1 fully saturated rings. The molecule has 1 aliphatic heterocycles. The predicted molar refractivity (Wildman–Crippen MR) is 64.4 cm³/mol. The molecule has 0 amide bonds. The number of hydrogen-bond acceptors (Lipinski definition) is 5. The zero-order valence-electron chi connectivity index (χ0n) is 10.1. The lowest BCUT2D eigenvalue weighted by molar-refractivity contribution is 0.0169. The van der Waals surface area contributed by atoms with Crippen LogP contribution in [0.25, 0.3) is 0 Å². The van der Waals surface area contributed by atoms with Gasteiger partial charge >= 0.3 is 0 Å². The molecule has 1 aromatic heterocycles. The van der Waals surface area contributed by atoms with E-state index in [1.807, 2.05) is 10.9 Å². The van der Waals surface area contributed by atoms with Gasteiger partial charge in [-0.25, -0.2) is 0 Å². The number of ether oxygens (including phenoxy) is 1. The van der Waals surface area contributed by atoms with Gasteiger partial charge in [-0.2, -0.15) is 0 Å². The summed E-state index contributed by atoms with van der Waals surface area (Å²) in [5, 5.41) is 11.3. The van der Waals surface area contributed by atoms with Crippen molar-refractivity contribution >= 4 is 0 Å². The van der Waals surface area contributed by atoms with Crippen LogP contribution in [0.4, 0.5) is 0 Å². The molecule has 0 radical (unpaired) electrons. The van der Waals surface area contributed by atoms with E-state index in [-0.39, 0.29) is 0 Å². The molecule has 0 saturated carbocycles. The number of aromatic nitrogens is 3. The van der Waals surface area contributed by atoms with Gasteiger partial charge in [-0.05, 0) is 19.3 Å². The van der Waals surface area contributed by atoms with E-state index in [9.17, 15) is 0 Å². The third-order valence-corrected chi connectivity index (χ3v) is 2.96. The lowest BCUT2D eigenvalue weighted by atomic mass is 10.1. The molecule has 96 valence electrons. The fourth-order valence-electron chi connectivity index (χ4n) is 1.97. The van der Waals surface area contributed by atoms with Crippen molar-refractivity contribution in [1.82, 2.24) is 20.3 Å². The molecule has 1 saturated heterocycles. The van der Waals surface area contributed by atoms with Crippen molar-refractivity contribution in [2.24, 2.45) is 5.73 Å². The van der Waals surface area contributed by atoms with Crippen molar-refractivity contribution in [3.8, 4) is 0 Å². The van der Waals surface area contributed by atoms with Crippen molar-refractivity contribution in [2.75, 3.05) is 19.7 Å². The molecular formula is C11H21N5O. The van der Waals surface area contributed by atoms with Gasteiger partial charge in [-0.15, -0.1) is 5.10 Å². The third kappa shape index (κ3) is 4.07. The van der Waals surface area contributed by atoms with Crippen LogP contribution >= 0.6 is 0 Å². The van der Waals surface area contributed by atoms with Gasteiger partial charge in [0, 0.05) is 32.4 Å². The zero-order valence-corrected chi connectivity index (χ0v) is 10.1. The fraction of sp³-hybridized carbons (Fsp3) is 0.818. The number of nitrogens with zero attached hydrogens (tertiary/aromatic N) is 3. The van der Waals surface area contributed by atoms with Crippen molar-refractivity contribution in [3.63, 3.8) is 0 Å². The first-order valence-corrected chi connectivity index (χ1v) is 6.30. The van der Waals surface area contributed by atoms with Gasteiger partial charge in [0.15, 0.2) is 0 Å². The van der Waals surface area contributed by atoms with Gasteiger partial charge in [0.2, 0.25) is 0 Å². The topological polar surface area (TPSA) is 78.0 Å². The monoisotopic (exact) mass is 239 g/mol. The predicted octanol–water partition coefficient (Wildman–Crippen LogP) is -0.105. The molecule has 3 N–H and O–H groups in total. The third-order valence-electron chi connectivity index (χ3n) is 2.96. The van der Waals surface area contributed by atoms with Crippen LogP contribution in [0, 0.1) is 0 Å². The zero-order chi connectivity index (χ0) is 11.9. The summed E-state index contributed by atoms with van der Waals surface area (Å²) in [4.78, 5) is 0. The molecular weight excluding hydrogens is 218 g/mol. The molecule has 17 heavy (non-hydrogen) atoms. The Labute approximate surface area is 102 Å². The summed E-state index contributed by atoms with van der Waals surface area (Å²) >= 11 is 0. The second-order valence-electron chi connectivity index (χ2n) is 4.37. The lowest BCUT2D eigenvalue weighted by Crippen LogP contribution is -2.33. The van der Waals surface area contributed by atoms with E-state index in [0.717, 1.165) is 31.9 Å². The maximum absolute atomic E-state index is 5.64. The normalized spacial score (nSPS) is 20.6. The first kappa shape index (κ1) is 12.5. The molecule has 0 aliphatic carbocycles. The summed E-state index contributed by atoms with van der Waals surface area (Å²) in [7, 11) is 0. The second kappa shape index (κ2) is 6.68. The first-order valence-electron chi connectivity index (χ1n) is 6.30. The maximum Gasteiger partial charge on any atom is 0.0962 e. The minimum atomic E-state index is 0.388. The molecule has 0 aromatic carbocycles. The van der Waals surface area contributed by atoms with E-state index in [4.69, 9.17) is 10.5 Å². The highest BCUT2D eigenvalue weighted by molar-refractivity contribution is 4.90. The fourth-order valence-corrected chi connectivity index (χ4v) is 1.97. The first-order chi connectivity index (χ1) is 8.38. The molecule has 1 unspecified atom stereocenters. The Hall–Kier alpha value is -0.980. The van der Waals surface area contributed by atoms with Crippen molar-refractivity contribution in [2.45, 2.75) is 38.5 Å². The van der Waals surface area contributed by atoms with Crippen LogP contribution in [-0.4, -0.2) is 40.8 Å². The van der Waals surface area contributed by atoms with E-state index >= 15 is 0 Å². The number of rotatable bonds is 6. The molecule has 6 heteroatoms.